The number of aromatic carboxylic acids is 1. The normalized spacial score (nSPS) is 25.6. The second-order valence-corrected chi connectivity index (χ2v) is 16.0. The van der Waals surface area contributed by atoms with Gasteiger partial charge >= 0.3 is 5.97 Å². The maximum atomic E-state index is 14.3. The van der Waals surface area contributed by atoms with Gasteiger partial charge in [0.1, 0.15) is 10.6 Å². The van der Waals surface area contributed by atoms with E-state index in [1.807, 2.05) is 44.1 Å². The lowest BCUT2D eigenvalue weighted by Crippen LogP contribution is -2.47. The van der Waals surface area contributed by atoms with Crippen LogP contribution in [0.4, 0.5) is 5.69 Å². The van der Waals surface area contributed by atoms with Crippen molar-refractivity contribution in [1.29, 1.82) is 0 Å². The summed E-state index contributed by atoms with van der Waals surface area (Å²) in [6.07, 6.45) is 11.7. The molecule has 3 aliphatic rings. The van der Waals surface area contributed by atoms with Crippen molar-refractivity contribution in [2.24, 2.45) is 17.3 Å². The largest absolute Gasteiger partial charge is 0.488 e. The van der Waals surface area contributed by atoms with E-state index in [9.17, 15) is 14.7 Å². The lowest BCUT2D eigenvalue weighted by Gasteiger charge is -2.39. The Morgan fingerprint density at radius 2 is 1.78 bits per heavy atom. The SMILES string of the molecule is CC1CCC(C(=O)N(c2cc(C#CC(C)(C)C)sc2C(=O)O)C2CCC(Oc3cnccc3CN3CCC(N(C)C)C3)CC2)CC1. The summed E-state index contributed by atoms with van der Waals surface area (Å²) >= 11 is 1.18. The number of hydrogen-bond donors (Lipinski definition) is 1. The van der Waals surface area contributed by atoms with E-state index in [-0.39, 0.29) is 34.3 Å². The first kappa shape index (κ1) is 34.4. The zero-order valence-electron chi connectivity index (χ0n) is 28.6. The Bertz CT molecular complexity index is 1420. The lowest BCUT2D eigenvalue weighted by atomic mass is 9.81. The van der Waals surface area contributed by atoms with Gasteiger partial charge in [-0.1, -0.05) is 18.8 Å². The van der Waals surface area contributed by atoms with Crippen molar-refractivity contribution < 1.29 is 19.4 Å². The highest BCUT2D eigenvalue weighted by atomic mass is 32.1. The molecule has 5 rings (SSSR count). The number of carbonyl (C=O) groups is 2. The van der Waals surface area contributed by atoms with Gasteiger partial charge in [0, 0.05) is 54.8 Å². The molecular weight excluding hydrogens is 596 g/mol. The quantitative estimate of drug-likeness (QED) is 0.295. The first-order chi connectivity index (χ1) is 21.9. The molecule has 2 saturated carbocycles. The van der Waals surface area contributed by atoms with E-state index in [1.165, 1.54) is 17.8 Å². The molecule has 0 radical (unpaired) electrons. The van der Waals surface area contributed by atoms with Gasteiger partial charge in [-0.05, 0) is 111 Å². The van der Waals surface area contributed by atoms with E-state index in [1.54, 1.807) is 0 Å². The molecule has 1 saturated heterocycles. The van der Waals surface area contributed by atoms with Crippen molar-refractivity contribution >= 4 is 28.9 Å². The van der Waals surface area contributed by atoms with Gasteiger partial charge in [0.05, 0.1) is 22.9 Å². The van der Waals surface area contributed by atoms with Gasteiger partial charge in [-0.2, -0.15) is 0 Å². The Morgan fingerprint density at radius 3 is 2.41 bits per heavy atom. The van der Waals surface area contributed by atoms with Crippen LogP contribution < -0.4 is 9.64 Å². The number of ether oxygens (including phenoxy) is 1. The molecule has 3 fully saturated rings. The summed E-state index contributed by atoms with van der Waals surface area (Å²) in [6, 6.07) is 4.42. The molecule has 0 bridgehead atoms. The van der Waals surface area contributed by atoms with Crippen LogP contribution in [0, 0.1) is 29.1 Å². The van der Waals surface area contributed by atoms with Gasteiger partial charge < -0.3 is 19.6 Å². The van der Waals surface area contributed by atoms with E-state index < -0.39 is 5.97 Å². The summed E-state index contributed by atoms with van der Waals surface area (Å²) in [7, 11) is 4.30. The molecule has 1 amide bonds. The van der Waals surface area contributed by atoms with Crippen LogP contribution in [0.5, 0.6) is 5.75 Å². The maximum Gasteiger partial charge on any atom is 0.348 e. The summed E-state index contributed by atoms with van der Waals surface area (Å²) in [6.45, 7) is 11.3. The average Bonchev–Trinajstić information content (AvgIpc) is 3.66. The summed E-state index contributed by atoms with van der Waals surface area (Å²) < 4.78 is 6.61. The molecule has 2 aliphatic carbocycles. The van der Waals surface area contributed by atoms with Crippen LogP contribution in [-0.4, -0.2) is 77.1 Å². The molecule has 46 heavy (non-hydrogen) atoms. The van der Waals surface area contributed by atoms with Crippen LogP contribution in [0.2, 0.25) is 0 Å². The van der Waals surface area contributed by atoms with Crippen molar-refractivity contribution in [3.8, 4) is 17.6 Å². The van der Waals surface area contributed by atoms with Gasteiger partial charge in [-0.3, -0.25) is 14.7 Å². The molecule has 250 valence electrons. The highest BCUT2D eigenvalue weighted by Gasteiger charge is 2.38. The van der Waals surface area contributed by atoms with Gasteiger partial charge in [0.15, 0.2) is 0 Å². The van der Waals surface area contributed by atoms with Gasteiger partial charge in [0.2, 0.25) is 5.91 Å². The topological polar surface area (TPSA) is 86.2 Å². The number of anilines is 1. The number of carboxylic acids is 1. The zero-order valence-corrected chi connectivity index (χ0v) is 29.4. The number of carboxylic acid groups (broad SMARTS) is 1. The molecule has 2 aromatic rings. The molecular formula is C37H52N4O4S. The van der Waals surface area contributed by atoms with Crippen LogP contribution in [0.25, 0.3) is 0 Å². The summed E-state index contributed by atoms with van der Waals surface area (Å²) in [4.78, 5) is 38.8. The molecule has 9 heteroatoms. The first-order valence-electron chi connectivity index (χ1n) is 17.1. The van der Waals surface area contributed by atoms with E-state index >= 15 is 0 Å². The third-order valence-electron chi connectivity index (χ3n) is 9.87. The number of amides is 1. The molecule has 0 aromatic carbocycles. The Balaban J connectivity index is 1.33. The van der Waals surface area contributed by atoms with Crippen LogP contribution in [-0.2, 0) is 11.3 Å². The van der Waals surface area contributed by atoms with E-state index in [0.29, 0.717) is 22.5 Å². The first-order valence-corrected chi connectivity index (χ1v) is 17.9. The smallest absolute Gasteiger partial charge is 0.348 e. The maximum absolute atomic E-state index is 14.3. The monoisotopic (exact) mass is 648 g/mol. The second-order valence-electron chi connectivity index (χ2n) is 15.0. The lowest BCUT2D eigenvalue weighted by molar-refractivity contribution is -0.124. The molecule has 8 nitrogen and oxygen atoms in total. The average molecular weight is 649 g/mol. The highest BCUT2D eigenvalue weighted by Crippen LogP contribution is 2.39. The van der Waals surface area contributed by atoms with Crippen molar-refractivity contribution in [3.05, 3.63) is 39.8 Å². The van der Waals surface area contributed by atoms with E-state index in [0.717, 1.165) is 82.3 Å². The van der Waals surface area contributed by atoms with E-state index in [2.05, 4.69) is 53.7 Å². The second kappa shape index (κ2) is 14.9. The fourth-order valence-electron chi connectivity index (χ4n) is 7.09. The number of pyridine rings is 1. The number of rotatable bonds is 9. The molecule has 1 aliphatic heterocycles. The summed E-state index contributed by atoms with van der Waals surface area (Å²) in [5, 5.41) is 10.2. The van der Waals surface area contributed by atoms with Crippen LogP contribution >= 0.6 is 11.3 Å². The number of carbonyl (C=O) groups excluding carboxylic acids is 1. The number of nitrogens with zero attached hydrogens (tertiary/aromatic N) is 4. The Morgan fingerprint density at radius 1 is 1.07 bits per heavy atom. The van der Waals surface area contributed by atoms with Crippen LogP contribution in [0.15, 0.2) is 24.5 Å². The minimum atomic E-state index is -1.00. The standard InChI is InChI=1S/C37H52N4O4S/c1-25-7-9-26(10-8-25)35(42)41(32-21-31(15-18-37(2,3)4)46-34(32)36(43)44)28-11-13-30(14-12-28)45-33-22-38-19-16-27(33)23-40-20-17-29(24-40)39(5)6/h16,19,21-22,25-26,28-30H,7-14,17,20,23-24H2,1-6H3,(H,43,44). The number of hydrogen-bond acceptors (Lipinski definition) is 7. The van der Waals surface area contributed by atoms with E-state index in [4.69, 9.17) is 4.74 Å². The molecule has 1 N–H and O–H groups in total. The van der Waals surface area contributed by atoms with Gasteiger partial charge in [-0.25, -0.2) is 4.79 Å². The third kappa shape index (κ3) is 8.70. The minimum absolute atomic E-state index is 0.0226. The fourth-order valence-corrected chi connectivity index (χ4v) is 7.93. The number of thiophene rings is 1. The van der Waals surface area contributed by atoms with Crippen LogP contribution in [0.1, 0.15) is 106 Å². The van der Waals surface area contributed by atoms with Crippen molar-refractivity contribution in [2.75, 3.05) is 32.1 Å². The Hall–Kier alpha value is -2.93. The molecule has 1 atom stereocenters. The highest BCUT2D eigenvalue weighted by molar-refractivity contribution is 7.15. The zero-order chi connectivity index (χ0) is 33.0. The number of likely N-dealkylation sites (tertiary alicyclic amines) is 1. The predicted octanol–water partition coefficient (Wildman–Crippen LogP) is 6.92. The predicted molar refractivity (Wildman–Crippen MR) is 184 cm³/mol. The Labute approximate surface area is 279 Å². The van der Waals surface area contributed by atoms with Crippen molar-refractivity contribution in [2.45, 2.75) is 110 Å². The molecule has 2 aromatic heterocycles. The third-order valence-corrected chi connectivity index (χ3v) is 10.9. The Kier molecular flexibility index (Phi) is 11.1. The number of likely N-dealkylation sites (N-methyl/N-ethyl adjacent to an activating group) is 1. The summed E-state index contributed by atoms with van der Waals surface area (Å²) in [5.41, 5.74) is 1.46. The van der Waals surface area contributed by atoms with Gasteiger partial charge in [0.25, 0.3) is 0 Å². The molecule has 0 spiro atoms. The van der Waals surface area contributed by atoms with Crippen molar-refractivity contribution in [3.63, 3.8) is 0 Å². The fraction of sp³-hybridized carbons (Fsp3) is 0.649. The number of aromatic nitrogens is 1. The molecule has 1 unspecified atom stereocenters. The van der Waals surface area contributed by atoms with Crippen LogP contribution in [0.3, 0.4) is 0 Å². The molecule has 3 heterocycles. The van der Waals surface area contributed by atoms with Crippen molar-refractivity contribution in [1.82, 2.24) is 14.8 Å². The minimum Gasteiger partial charge on any atom is -0.488 e. The van der Waals surface area contributed by atoms with Gasteiger partial charge in [-0.15, -0.1) is 11.3 Å². The summed E-state index contributed by atoms with van der Waals surface area (Å²) in [5.74, 6) is 6.88.